The fraction of sp³-hybridized carbons (Fsp3) is 0.921. The molecule has 0 aliphatic carbocycles. The van der Waals surface area contributed by atoms with Gasteiger partial charge in [0.1, 0.15) is 0 Å². The van der Waals surface area contributed by atoms with Gasteiger partial charge in [-0.25, -0.2) is 0 Å². The van der Waals surface area contributed by atoms with E-state index in [1.54, 1.807) is 0 Å². The molecule has 0 fully saturated rings. The third kappa shape index (κ3) is 30.2. The summed E-state index contributed by atoms with van der Waals surface area (Å²) in [6.45, 7) is 7.47. The summed E-state index contributed by atoms with van der Waals surface area (Å²) in [5.41, 5.74) is 0. The van der Waals surface area contributed by atoms with Crippen molar-refractivity contribution in [1.29, 1.82) is 0 Å². The summed E-state index contributed by atoms with van der Waals surface area (Å²) in [7, 11) is 0. The minimum Gasteiger partial charge on any atom is -0.465 e. The molecular weight excluding hydrogens is 488 g/mol. The third-order valence-corrected chi connectivity index (χ3v) is 8.55. The minimum atomic E-state index is 0.100. The lowest BCUT2D eigenvalue weighted by Crippen LogP contribution is -2.18. The Morgan fingerprint density at radius 1 is 0.450 bits per heavy atom. The SMILES string of the molecule is CCCCCCCC/C=C\CCCCCCC(CCCCCCCCCC)C(=O)OCCCCCCCCCC. The van der Waals surface area contributed by atoms with Crippen LogP contribution in [0.2, 0.25) is 0 Å². The van der Waals surface area contributed by atoms with Crippen molar-refractivity contribution in [3.63, 3.8) is 0 Å². The van der Waals surface area contributed by atoms with Gasteiger partial charge in [-0.1, -0.05) is 181 Å². The second kappa shape index (κ2) is 34.4. The van der Waals surface area contributed by atoms with E-state index in [0.717, 1.165) is 19.3 Å². The van der Waals surface area contributed by atoms with Crippen LogP contribution in [0.15, 0.2) is 12.2 Å². The highest BCUT2D eigenvalue weighted by Gasteiger charge is 2.19. The van der Waals surface area contributed by atoms with E-state index in [-0.39, 0.29) is 11.9 Å². The van der Waals surface area contributed by atoms with Gasteiger partial charge in [0.05, 0.1) is 12.5 Å². The number of esters is 1. The zero-order chi connectivity index (χ0) is 29.2. The molecule has 1 atom stereocenters. The molecule has 0 heterocycles. The van der Waals surface area contributed by atoms with Crippen molar-refractivity contribution in [2.24, 2.45) is 5.92 Å². The van der Waals surface area contributed by atoms with Crippen LogP contribution >= 0.6 is 0 Å². The highest BCUT2D eigenvalue weighted by atomic mass is 16.5. The van der Waals surface area contributed by atoms with Crippen LogP contribution in [0, 0.1) is 5.92 Å². The summed E-state index contributed by atoms with van der Waals surface area (Å²) < 4.78 is 5.79. The van der Waals surface area contributed by atoms with E-state index in [1.807, 2.05) is 0 Å². The van der Waals surface area contributed by atoms with Crippen LogP contribution in [0.4, 0.5) is 0 Å². The maximum Gasteiger partial charge on any atom is 0.308 e. The maximum atomic E-state index is 12.9. The number of ether oxygens (including phenoxy) is 1. The highest BCUT2D eigenvalue weighted by molar-refractivity contribution is 5.72. The highest BCUT2D eigenvalue weighted by Crippen LogP contribution is 2.21. The van der Waals surface area contributed by atoms with Crippen LogP contribution in [0.5, 0.6) is 0 Å². The Kier molecular flexibility index (Phi) is 33.7. The number of hydrogen-bond acceptors (Lipinski definition) is 2. The molecule has 40 heavy (non-hydrogen) atoms. The Morgan fingerprint density at radius 2 is 0.775 bits per heavy atom. The van der Waals surface area contributed by atoms with Gasteiger partial charge in [0.25, 0.3) is 0 Å². The van der Waals surface area contributed by atoms with Gasteiger partial charge in [0.2, 0.25) is 0 Å². The van der Waals surface area contributed by atoms with Gasteiger partial charge in [-0.3, -0.25) is 4.79 Å². The smallest absolute Gasteiger partial charge is 0.308 e. The fourth-order valence-electron chi connectivity index (χ4n) is 5.72. The van der Waals surface area contributed by atoms with Crippen LogP contribution in [-0.4, -0.2) is 12.6 Å². The predicted octanol–water partition coefficient (Wildman–Crippen LogP) is 13.5. The molecule has 0 rings (SSSR count). The predicted molar refractivity (Wildman–Crippen MR) is 179 cm³/mol. The van der Waals surface area contributed by atoms with Crippen LogP contribution in [0.25, 0.3) is 0 Å². The van der Waals surface area contributed by atoms with Gasteiger partial charge < -0.3 is 4.74 Å². The summed E-state index contributed by atoms with van der Waals surface area (Å²) in [5, 5.41) is 0. The number of rotatable bonds is 33. The number of hydrogen-bond donors (Lipinski definition) is 0. The first kappa shape index (κ1) is 39.2. The largest absolute Gasteiger partial charge is 0.465 e. The molecule has 0 N–H and O–H groups in total. The Labute approximate surface area is 253 Å². The molecule has 0 aromatic heterocycles. The number of carbonyl (C=O) groups is 1. The van der Waals surface area contributed by atoms with E-state index >= 15 is 0 Å². The average Bonchev–Trinajstić information content (AvgIpc) is 2.96. The third-order valence-electron chi connectivity index (χ3n) is 8.55. The molecule has 238 valence electrons. The molecule has 0 bridgehead atoms. The molecule has 0 aromatic rings. The molecule has 0 spiro atoms. The standard InChI is InChI=1S/C38H74O2/c1-4-7-10-13-16-19-20-21-22-23-24-26-29-32-35-37(34-31-28-25-17-14-11-8-5-2)38(39)40-36-33-30-27-18-15-12-9-6-3/h21-22,37H,4-20,23-36H2,1-3H3/b22-21-. The topological polar surface area (TPSA) is 26.3 Å². The van der Waals surface area contributed by atoms with Gasteiger partial charge in [-0.2, -0.15) is 0 Å². The van der Waals surface area contributed by atoms with E-state index in [2.05, 4.69) is 32.9 Å². The van der Waals surface area contributed by atoms with E-state index in [0.29, 0.717) is 6.61 Å². The molecule has 0 saturated carbocycles. The van der Waals surface area contributed by atoms with Crippen LogP contribution in [0.3, 0.4) is 0 Å². The van der Waals surface area contributed by atoms with Crippen molar-refractivity contribution >= 4 is 5.97 Å². The van der Waals surface area contributed by atoms with Crippen LogP contribution in [-0.2, 0) is 9.53 Å². The lowest BCUT2D eigenvalue weighted by Gasteiger charge is -2.16. The van der Waals surface area contributed by atoms with Crippen molar-refractivity contribution in [1.82, 2.24) is 0 Å². The monoisotopic (exact) mass is 563 g/mol. The molecule has 0 aliphatic rings. The van der Waals surface area contributed by atoms with Crippen molar-refractivity contribution in [3.8, 4) is 0 Å². The van der Waals surface area contributed by atoms with Crippen LogP contribution < -0.4 is 0 Å². The van der Waals surface area contributed by atoms with E-state index < -0.39 is 0 Å². The van der Waals surface area contributed by atoms with E-state index in [9.17, 15) is 4.79 Å². The molecule has 0 saturated heterocycles. The van der Waals surface area contributed by atoms with E-state index in [1.165, 1.54) is 173 Å². The maximum absolute atomic E-state index is 12.9. The molecule has 1 unspecified atom stereocenters. The Bertz CT molecular complexity index is 512. The molecule has 2 heteroatoms. The van der Waals surface area contributed by atoms with Crippen molar-refractivity contribution in [2.75, 3.05) is 6.61 Å². The van der Waals surface area contributed by atoms with Gasteiger partial charge in [0.15, 0.2) is 0 Å². The number of carbonyl (C=O) groups excluding carboxylic acids is 1. The Hall–Kier alpha value is -0.790. The summed E-state index contributed by atoms with van der Waals surface area (Å²) >= 11 is 0. The summed E-state index contributed by atoms with van der Waals surface area (Å²) in [5.74, 6) is 0.231. The van der Waals surface area contributed by atoms with Crippen molar-refractivity contribution in [2.45, 2.75) is 213 Å². The molecule has 0 radical (unpaired) electrons. The molecule has 2 nitrogen and oxygen atoms in total. The van der Waals surface area contributed by atoms with Gasteiger partial charge >= 0.3 is 5.97 Å². The first-order chi connectivity index (χ1) is 19.8. The van der Waals surface area contributed by atoms with Gasteiger partial charge in [0, 0.05) is 0 Å². The average molecular weight is 563 g/mol. The Balaban J connectivity index is 4.05. The summed E-state index contributed by atoms with van der Waals surface area (Å²) in [4.78, 5) is 12.9. The van der Waals surface area contributed by atoms with Gasteiger partial charge in [-0.05, 0) is 44.9 Å². The molecule has 0 aliphatic heterocycles. The van der Waals surface area contributed by atoms with Crippen molar-refractivity contribution in [3.05, 3.63) is 12.2 Å². The first-order valence-corrected chi connectivity index (χ1v) is 18.6. The molecular formula is C38H74O2. The molecule has 0 aromatic carbocycles. The zero-order valence-electron chi connectivity index (χ0n) is 28.0. The second-order valence-electron chi connectivity index (χ2n) is 12.6. The lowest BCUT2D eigenvalue weighted by molar-refractivity contribution is -0.149. The second-order valence-corrected chi connectivity index (χ2v) is 12.6. The van der Waals surface area contributed by atoms with Crippen molar-refractivity contribution < 1.29 is 9.53 Å². The van der Waals surface area contributed by atoms with Gasteiger partial charge in [-0.15, -0.1) is 0 Å². The van der Waals surface area contributed by atoms with E-state index in [4.69, 9.17) is 4.74 Å². The molecule has 0 amide bonds. The normalized spacial score (nSPS) is 12.4. The lowest BCUT2D eigenvalue weighted by atomic mass is 9.94. The Morgan fingerprint density at radius 3 is 1.18 bits per heavy atom. The summed E-state index contributed by atoms with van der Waals surface area (Å²) in [6.07, 6.45) is 43.6. The number of unbranched alkanes of at least 4 members (excludes halogenated alkanes) is 24. The minimum absolute atomic E-state index is 0.100. The first-order valence-electron chi connectivity index (χ1n) is 18.6. The van der Waals surface area contributed by atoms with Crippen LogP contribution in [0.1, 0.15) is 213 Å². The fourth-order valence-corrected chi connectivity index (χ4v) is 5.72. The zero-order valence-corrected chi connectivity index (χ0v) is 28.0. The number of allylic oxidation sites excluding steroid dienone is 2. The quantitative estimate of drug-likeness (QED) is 0.0451. The summed E-state index contributed by atoms with van der Waals surface area (Å²) in [6, 6.07) is 0.